The summed E-state index contributed by atoms with van der Waals surface area (Å²) in [6, 6.07) is 10.4. The minimum absolute atomic E-state index is 0.0119. The summed E-state index contributed by atoms with van der Waals surface area (Å²) in [5.41, 5.74) is 15.1. The molecule has 10 heteroatoms. The van der Waals surface area contributed by atoms with Gasteiger partial charge in [-0.3, -0.25) is 14.6 Å². The van der Waals surface area contributed by atoms with Crippen LogP contribution in [-0.4, -0.2) is 37.7 Å². The Morgan fingerprint density at radius 2 is 1.76 bits per heavy atom. The van der Waals surface area contributed by atoms with E-state index in [1.165, 1.54) is 30.3 Å². The van der Waals surface area contributed by atoms with Crippen LogP contribution in [-0.2, 0) is 6.42 Å². The van der Waals surface area contributed by atoms with Crippen molar-refractivity contribution in [3.63, 3.8) is 0 Å². The first-order valence-corrected chi connectivity index (χ1v) is 11.6. The second kappa shape index (κ2) is 10.5. The van der Waals surface area contributed by atoms with E-state index in [0.717, 1.165) is 0 Å². The van der Waals surface area contributed by atoms with E-state index < -0.39 is 5.82 Å². The molecule has 1 aromatic carbocycles. The van der Waals surface area contributed by atoms with Crippen LogP contribution < -0.4 is 16.8 Å². The third-order valence-electron chi connectivity index (χ3n) is 5.52. The standard InChI is InChI=1S/C27H26FN7O2/c1-14(2)32-26(37)16-4-5-20(28)19(11-16)22-7-6-21(29)25(34-22)24(36)12-17-13-31-9-8-18(17)23-10-15(3)33-27(30)35-23/h4-11,13-14H,12,29H2,1-3H3,(H,32,37)(H2,30,33,35). The summed E-state index contributed by atoms with van der Waals surface area (Å²) in [5.74, 6) is -1.19. The fraction of sp³-hybridized carbons (Fsp3) is 0.185. The molecule has 188 valence electrons. The molecule has 0 aliphatic carbocycles. The smallest absolute Gasteiger partial charge is 0.251 e. The van der Waals surface area contributed by atoms with Crippen LogP contribution >= 0.6 is 0 Å². The van der Waals surface area contributed by atoms with Crippen LogP contribution in [0, 0.1) is 12.7 Å². The topological polar surface area (TPSA) is 150 Å². The molecule has 0 bridgehead atoms. The molecule has 0 aliphatic heterocycles. The van der Waals surface area contributed by atoms with Gasteiger partial charge >= 0.3 is 0 Å². The first-order valence-electron chi connectivity index (χ1n) is 11.6. The van der Waals surface area contributed by atoms with Crippen molar-refractivity contribution >= 4 is 23.3 Å². The maximum absolute atomic E-state index is 14.7. The van der Waals surface area contributed by atoms with Gasteiger partial charge in [-0.2, -0.15) is 0 Å². The largest absolute Gasteiger partial charge is 0.397 e. The number of benzene rings is 1. The van der Waals surface area contributed by atoms with E-state index in [2.05, 4.69) is 25.3 Å². The van der Waals surface area contributed by atoms with E-state index in [9.17, 15) is 14.0 Å². The highest BCUT2D eigenvalue weighted by Crippen LogP contribution is 2.27. The van der Waals surface area contributed by atoms with Gasteiger partial charge in [-0.15, -0.1) is 0 Å². The van der Waals surface area contributed by atoms with Crippen molar-refractivity contribution in [3.05, 3.63) is 83.2 Å². The highest BCUT2D eigenvalue weighted by atomic mass is 19.1. The number of ketones is 1. The molecule has 0 unspecified atom stereocenters. The van der Waals surface area contributed by atoms with Gasteiger partial charge in [0.1, 0.15) is 11.5 Å². The predicted molar refractivity (Wildman–Crippen MR) is 139 cm³/mol. The molecule has 9 nitrogen and oxygen atoms in total. The normalized spacial score (nSPS) is 10.9. The van der Waals surface area contributed by atoms with E-state index in [1.807, 2.05) is 13.8 Å². The number of pyridine rings is 2. The molecule has 0 fully saturated rings. The summed E-state index contributed by atoms with van der Waals surface area (Å²) >= 11 is 0. The van der Waals surface area contributed by atoms with Crippen LogP contribution in [0.4, 0.5) is 16.0 Å². The number of rotatable bonds is 7. The predicted octanol–water partition coefficient (Wildman–Crippen LogP) is 3.78. The van der Waals surface area contributed by atoms with Crippen LogP contribution in [0.1, 0.15) is 46.0 Å². The molecule has 3 aromatic heterocycles. The number of Topliss-reactive ketones (excluding diaryl/α,β-unsaturated/α-hetero) is 1. The van der Waals surface area contributed by atoms with Crippen LogP contribution in [0.3, 0.4) is 0 Å². The molecule has 4 aromatic rings. The SMILES string of the molecule is Cc1cc(-c2ccncc2CC(=O)c2nc(-c3cc(C(=O)NC(C)C)ccc3F)ccc2N)nc(N)n1. The minimum atomic E-state index is -0.581. The highest BCUT2D eigenvalue weighted by molar-refractivity contribution is 6.01. The fourth-order valence-electron chi connectivity index (χ4n) is 3.86. The van der Waals surface area contributed by atoms with Gasteiger partial charge in [0.25, 0.3) is 5.91 Å². The molecule has 0 saturated carbocycles. The molecule has 3 heterocycles. The summed E-state index contributed by atoms with van der Waals surface area (Å²) in [7, 11) is 0. The second-order valence-corrected chi connectivity index (χ2v) is 8.84. The van der Waals surface area contributed by atoms with Crippen molar-refractivity contribution in [2.45, 2.75) is 33.2 Å². The average molecular weight is 500 g/mol. The Hall–Kier alpha value is -4.73. The zero-order chi connectivity index (χ0) is 26.7. The Labute approximate surface area is 213 Å². The summed E-state index contributed by atoms with van der Waals surface area (Å²) < 4.78 is 14.7. The van der Waals surface area contributed by atoms with E-state index in [1.54, 1.807) is 31.5 Å². The monoisotopic (exact) mass is 499 g/mol. The van der Waals surface area contributed by atoms with Gasteiger partial charge in [0.2, 0.25) is 5.95 Å². The van der Waals surface area contributed by atoms with E-state index >= 15 is 0 Å². The molecule has 0 spiro atoms. The molecule has 0 aliphatic rings. The summed E-state index contributed by atoms with van der Waals surface area (Å²) in [5, 5.41) is 2.77. The first kappa shape index (κ1) is 25.4. The van der Waals surface area contributed by atoms with Crippen LogP contribution in [0.5, 0.6) is 0 Å². The third kappa shape index (κ3) is 5.75. The Morgan fingerprint density at radius 3 is 2.49 bits per heavy atom. The lowest BCUT2D eigenvalue weighted by atomic mass is 9.99. The average Bonchev–Trinajstić information content (AvgIpc) is 2.84. The number of hydrogen-bond acceptors (Lipinski definition) is 8. The zero-order valence-electron chi connectivity index (χ0n) is 20.6. The van der Waals surface area contributed by atoms with Crippen molar-refractivity contribution < 1.29 is 14.0 Å². The van der Waals surface area contributed by atoms with Gasteiger partial charge in [-0.05, 0) is 68.8 Å². The van der Waals surface area contributed by atoms with Crippen LogP contribution in [0.2, 0.25) is 0 Å². The Kier molecular flexibility index (Phi) is 7.19. The maximum Gasteiger partial charge on any atom is 0.251 e. The number of anilines is 2. The minimum Gasteiger partial charge on any atom is -0.397 e. The number of carbonyl (C=O) groups is 2. The van der Waals surface area contributed by atoms with E-state index in [0.29, 0.717) is 22.5 Å². The van der Waals surface area contributed by atoms with Crippen molar-refractivity contribution in [3.8, 4) is 22.5 Å². The third-order valence-corrected chi connectivity index (χ3v) is 5.52. The fourth-order valence-corrected chi connectivity index (χ4v) is 3.86. The Balaban J connectivity index is 1.68. The number of amides is 1. The van der Waals surface area contributed by atoms with E-state index in [4.69, 9.17) is 11.5 Å². The number of aryl methyl sites for hydroxylation is 1. The van der Waals surface area contributed by atoms with Gasteiger partial charge in [0.05, 0.1) is 17.1 Å². The van der Waals surface area contributed by atoms with Crippen molar-refractivity contribution in [2.24, 2.45) is 0 Å². The second-order valence-electron chi connectivity index (χ2n) is 8.84. The molecule has 37 heavy (non-hydrogen) atoms. The van der Waals surface area contributed by atoms with Crippen molar-refractivity contribution in [2.75, 3.05) is 11.5 Å². The zero-order valence-corrected chi connectivity index (χ0v) is 20.6. The van der Waals surface area contributed by atoms with E-state index in [-0.39, 0.29) is 58.3 Å². The summed E-state index contributed by atoms with van der Waals surface area (Å²) in [6.45, 7) is 5.46. The highest BCUT2D eigenvalue weighted by Gasteiger charge is 2.19. The lowest BCUT2D eigenvalue weighted by molar-refractivity contribution is 0.0941. The van der Waals surface area contributed by atoms with Gasteiger partial charge in [0, 0.05) is 47.2 Å². The van der Waals surface area contributed by atoms with Crippen molar-refractivity contribution in [1.29, 1.82) is 0 Å². The van der Waals surface area contributed by atoms with Crippen LogP contribution in [0.25, 0.3) is 22.5 Å². The molecule has 0 saturated heterocycles. The lowest BCUT2D eigenvalue weighted by Crippen LogP contribution is -2.30. The number of hydrogen-bond donors (Lipinski definition) is 3. The number of carbonyl (C=O) groups excluding carboxylic acids is 2. The number of nitrogens with zero attached hydrogens (tertiary/aromatic N) is 4. The quantitative estimate of drug-likeness (QED) is 0.325. The van der Waals surface area contributed by atoms with Gasteiger partial charge in [0.15, 0.2) is 5.78 Å². The Morgan fingerprint density at radius 1 is 0.973 bits per heavy atom. The van der Waals surface area contributed by atoms with Gasteiger partial charge < -0.3 is 16.8 Å². The molecule has 4 rings (SSSR count). The summed E-state index contributed by atoms with van der Waals surface area (Å²) in [6.07, 6.45) is 3.08. The molecule has 5 N–H and O–H groups in total. The molecular formula is C27H26FN7O2. The lowest BCUT2D eigenvalue weighted by Gasteiger charge is -2.12. The number of halogens is 1. The molecular weight excluding hydrogens is 473 g/mol. The number of nitrogens with two attached hydrogens (primary N) is 2. The number of nitrogens with one attached hydrogen (secondary N) is 1. The maximum atomic E-state index is 14.7. The van der Waals surface area contributed by atoms with Gasteiger partial charge in [-0.1, -0.05) is 0 Å². The number of aromatic nitrogens is 4. The molecule has 1 amide bonds. The molecule has 0 atom stereocenters. The number of nitrogen functional groups attached to an aromatic ring is 2. The molecule has 0 radical (unpaired) electrons. The first-order chi connectivity index (χ1) is 17.6. The van der Waals surface area contributed by atoms with Crippen molar-refractivity contribution in [1.82, 2.24) is 25.3 Å². The summed E-state index contributed by atoms with van der Waals surface area (Å²) in [4.78, 5) is 42.6. The Bertz CT molecular complexity index is 1480. The van der Waals surface area contributed by atoms with Gasteiger partial charge in [-0.25, -0.2) is 19.3 Å². The van der Waals surface area contributed by atoms with Crippen LogP contribution in [0.15, 0.2) is 54.9 Å².